The minimum Gasteiger partial charge on any atom is -0.481 e. The summed E-state index contributed by atoms with van der Waals surface area (Å²) in [4.78, 5) is 109. The van der Waals surface area contributed by atoms with Gasteiger partial charge in [-0.1, -0.05) is 55.7 Å². The number of esters is 2. The minimum absolute atomic E-state index is 0.0619. The average molecular weight is 1020 g/mol. The summed E-state index contributed by atoms with van der Waals surface area (Å²) in [6, 6.07) is 25.7. The fourth-order valence-corrected chi connectivity index (χ4v) is 8.67. The molecule has 3 aromatic carbocycles. The van der Waals surface area contributed by atoms with Crippen LogP contribution in [0.1, 0.15) is 89.6 Å². The van der Waals surface area contributed by atoms with Crippen LogP contribution in [0.2, 0.25) is 0 Å². The largest absolute Gasteiger partial charge is 0.481 e. The lowest BCUT2D eigenvalue weighted by Crippen LogP contribution is -2.24. The molecule has 0 aliphatic heterocycles. The molecular formula is C57H56N6O12. The quantitative estimate of drug-likeness (QED) is 0.0327. The van der Waals surface area contributed by atoms with Crippen LogP contribution in [0.3, 0.4) is 0 Å². The van der Waals surface area contributed by atoms with E-state index in [4.69, 9.17) is 19.6 Å². The van der Waals surface area contributed by atoms with Crippen molar-refractivity contribution in [2.75, 3.05) is 24.9 Å². The molecule has 4 heterocycles. The number of carboxylic acid groups (broad SMARTS) is 2. The van der Waals surface area contributed by atoms with E-state index in [2.05, 4.69) is 21.7 Å². The van der Waals surface area contributed by atoms with Crippen molar-refractivity contribution in [3.05, 3.63) is 165 Å². The molecule has 7 aromatic rings. The first-order valence-electron chi connectivity index (χ1n) is 24.4. The number of carbonyl (C=O) groups is 6. The molecule has 0 bridgehead atoms. The Morgan fingerprint density at radius 3 is 1.84 bits per heavy atom. The van der Waals surface area contributed by atoms with Gasteiger partial charge in [-0.3, -0.25) is 48.3 Å². The smallest absolute Gasteiger partial charge is 0.325 e. The van der Waals surface area contributed by atoms with Crippen molar-refractivity contribution in [3.8, 4) is 33.5 Å². The second-order valence-corrected chi connectivity index (χ2v) is 17.9. The van der Waals surface area contributed by atoms with Crippen LogP contribution in [0.15, 0.2) is 132 Å². The molecular weight excluding hydrogens is 961 g/mol. The van der Waals surface area contributed by atoms with Gasteiger partial charge in [-0.05, 0) is 109 Å². The van der Waals surface area contributed by atoms with E-state index in [1.54, 1.807) is 42.9 Å². The number of anilines is 2. The number of amides is 2. The van der Waals surface area contributed by atoms with Crippen molar-refractivity contribution in [2.24, 2.45) is 0 Å². The second kappa shape index (κ2) is 25.5. The molecule has 0 radical (unpaired) electrons. The van der Waals surface area contributed by atoms with Crippen LogP contribution in [0.4, 0.5) is 11.4 Å². The number of aliphatic carboxylic acids is 2. The highest BCUT2D eigenvalue weighted by molar-refractivity contribution is 6.10. The van der Waals surface area contributed by atoms with Gasteiger partial charge < -0.3 is 39.5 Å². The normalized spacial score (nSPS) is 11.0. The number of unbranched alkanes of at least 4 members (excludes halogenated alkanes) is 5. The van der Waals surface area contributed by atoms with Crippen LogP contribution in [-0.2, 0) is 54.6 Å². The summed E-state index contributed by atoms with van der Waals surface area (Å²) in [6.07, 6.45) is 14.3. The molecule has 4 aromatic heterocycles. The molecule has 75 heavy (non-hydrogen) atoms. The Morgan fingerprint density at radius 1 is 0.573 bits per heavy atom. The summed E-state index contributed by atoms with van der Waals surface area (Å²) < 4.78 is 11.7. The van der Waals surface area contributed by atoms with Gasteiger partial charge in [0, 0.05) is 89.2 Å². The Hall–Kier alpha value is -9.06. The predicted molar refractivity (Wildman–Crippen MR) is 281 cm³/mol. The Bertz CT molecular complexity index is 3400. The van der Waals surface area contributed by atoms with Crippen molar-refractivity contribution < 1.29 is 48.5 Å². The van der Waals surface area contributed by atoms with E-state index in [1.807, 2.05) is 36.4 Å². The van der Waals surface area contributed by atoms with Gasteiger partial charge in [0.15, 0.2) is 0 Å². The highest BCUT2D eigenvalue weighted by Gasteiger charge is 2.21. The summed E-state index contributed by atoms with van der Waals surface area (Å²) in [7, 11) is 2.42. The lowest BCUT2D eigenvalue weighted by molar-refractivity contribution is -0.142. The molecule has 386 valence electrons. The Balaban J connectivity index is 1.27. The standard InChI is InChI=1S/C57H56N6O12/c1-74-54(70)34-62-32-42(19-23-50(62)64)60-56(72)40-14-10-13-37(26-40)47-31-59-49(28-38(47)12-7-3-4-8-15-52(66)67)45-22-18-39(27-46(45)57(73)61-43-20-24-51(65)63(33-43)35-55(71)75-2)48-30-58-29-41-25-36(17-21-44(41)48)11-6-5-9-16-53(68)69/h10,13-14,17-33H,3-9,11-12,15-16,34-35H2,1-2H3,(H,60,72)(H,61,73)(H,66,67)(H,68,69). The number of nitrogens with zero attached hydrogens (tertiary/aromatic N) is 4. The van der Waals surface area contributed by atoms with Crippen molar-refractivity contribution in [3.63, 3.8) is 0 Å². The zero-order valence-electron chi connectivity index (χ0n) is 41.5. The highest BCUT2D eigenvalue weighted by Crippen LogP contribution is 2.35. The van der Waals surface area contributed by atoms with E-state index < -0.39 is 46.8 Å². The molecule has 0 spiro atoms. The first kappa shape index (κ1) is 53.7. The van der Waals surface area contributed by atoms with Gasteiger partial charge in [0.2, 0.25) is 0 Å². The number of hydrogen-bond donors (Lipinski definition) is 4. The average Bonchev–Trinajstić information content (AvgIpc) is 3.40. The number of hydrogen-bond acceptors (Lipinski definition) is 12. The third-order valence-electron chi connectivity index (χ3n) is 12.6. The van der Waals surface area contributed by atoms with Gasteiger partial charge in [-0.2, -0.15) is 0 Å². The van der Waals surface area contributed by atoms with Gasteiger partial charge in [0.1, 0.15) is 13.1 Å². The molecule has 0 fully saturated rings. The maximum atomic E-state index is 14.7. The lowest BCUT2D eigenvalue weighted by Gasteiger charge is -2.17. The number of carboxylic acids is 2. The van der Waals surface area contributed by atoms with Gasteiger partial charge in [0.25, 0.3) is 22.9 Å². The number of nitrogens with one attached hydrogen (secondary N) is 2. The van der Waals surface area contributed by atoms with Crippen molar-refractivity contribution in [2.45, 2.75) is 83.7 Å². The number of ether oxygens (including phenoxy) is 2. The molecule has 18 heteroatoms. The molecule has 0 unspecified atom stereocenters. The third kappa shape index (κ3) is 14.6. The Kier molecular flexibility index (Phi) is 18.3. The maximum Gasteiger partial charge on any atom is 0.325 e. The summed E-state index contributed by atoms with van der Waals surface area (Å²) in [5, 5.41) is 25.7. The first-order chi connectivity index (χ1) is 36.2. The van der Waals surface area contributed by atoms with E-state index in [1.165, 1.54) is 50.9 Å². The molecule has 0 saturated heterocycles. The van der Waals surface area contributed by atoms with Crippen LogP contribution in [0.5, 0.6) is 0 Å². The molecule has 0 aliphatic carbocycles. The van der Waals surface area contributed by atoms with Gasteiger partial charge >= 0.3 is 23.9 Å². The van der Waals surface area contributed by atoms with Crippen molar-refractivity contribution >= 4 is 57.8 Å². The molecule has 0 aliphatic rings. The Morgan fingerprint density at radius 2 is 1.19 bits per heavy atom. The zero-order chi connectivity index (χ0) is 53.4. The van der Waals surface area contributed by atoms with E-state index in [0.717, 1.165) is 62.3 Å². The van der Waals surface area contributed by atoms with Gasteiger partial charge in [0.05, 0.1) is 31.3 Å². The predicted octanol–water partition coefficient (Wildman–Crippen LogP) is 8.57. The fraction of sp³-hybridized carbons (Fsp3) is 0.263. The Labute approximate surface area is 431 Å². The van der Waals surface area contributed by atoms with Crippen molar-refractivity contribution in [1.29, 1.82) is 0 Å². The van der Waals surface area contributed by atoms with E-state index in [-0.39, 0.29) is 42.9 Å². The maximum absolute atomic E-state index is 14.7. The topological polar surface area (TPSA) is 255 Å². The molecule has 7 rings (SSSR count). The van der Waals surface area contributed by atoms with Crippen LogP contribution in [0.25, 0.3) is 44.3 Å². The number of fused-ring (bicyclic) bond motifs is 1. The fourth-order valence-electron chi connectivity index (χ4n) is 8.67. The molecule has 0 atom stereocenters. The SMILES string of the molecule is COC(=O)Cn1cc(NC(=O)c2cccc(-c3cnc(-c4ccc(-c5cncc6cc(CCCCCC(=O)O)ccc56)cc4C(=O)Nc4ccc(=O)n(CC(=O)OC)c4)cc3CCCCCCC(=O)O)c2)ccc1=O. The summed E-state index contributed by atoms with van der Waals surface area (Å²) in [5.74, 6) is -3.97. The first-order valence-corrected chi connectivity index (χ1v) is 24.4. The summed E-state index contributed by atoms with van der Waals surface area (Å²) >= 11 is 0. The summed E-state index contributed by atoms with van der Waals surface area (Å²) in [5.41, 5.74) is 5.75. The van der Waals surface area contributed by atoms with Crippen LogP contribution >= 0.6 is 0 Å². The van der Waals surface area contributed by atoms with Crippen LogP contribution < -0.4 is 21.8 Å². The third-order valence-corrected chi connectivity index (χ3v) is 12.6. The van der Waals surface area contributed by atoms with Crippen molar-refractivity contribution in [1.82, 2.24) is 19.1 Å². The number of pyridine rings is 4. The van der Waals surface area contributed by atoms with Gasteiger partial charge in [-0.15, -0.1) is 0 Å². The number of methoxy groups -OCH3 is 2. The van der Waals surface area contributed by atoms with Crippen LogP contribution in [-0.4, -0.2) is 79.2 Å². The number of carbonyl (C=O) groups excluding carboxylic acids is 4. The van der Waals surface area contributed by atoms with Gasteiger partial charge in [-0.25, -0.2) is 0 Å². The highest BCUT2D eigenvalue weighted by atomic mass is 16.5. The van der Waals surface area contributed by atoms with Crippen LogP contribution in [0, 0.1) is 0 Å². The second-order valence-electron chi connectivity index (χ2n) is 17.9. The molecule has 18 nitrogen and oxygen atoms in total. The van der Waals surface area contributed by atoms with E-state index >= 15 is 0 Å². The monoisotopic (exact) mass is 1020 g/mol. The lowest BCUT2D eigenvalue weighted by atomic mass is 9.91. The molecule has 4 N–H and O–H groups in total. The summed E-state index contributed by atoms with van der Waals surface area (Å²) in [6.45, 7) is -0.712. The zero-order valence-corrected chi connectivity index (χ0v) is 41.5. The number of benzene rings is 3. The molecule has 0 saturated carbocycles. The van der Waals surface area contributed by atoms with E-state index in [0.29, 0.717) is 65.6 Å². The molecule has 2 amide bonds. The number of aryl methyl sites for hydroxylation is 2. The number of aromatic nitrogens is 4. The minimum atomic E-state index is -0.861. The van der Waals surface area contributed by atoms with E-state index in [9.17, 15) is 43.5 Å². The number of rotatable bonds is 24.